The van der Waals surface area contributed by atoms with Crippen LogP contribution in [0.4, 0.5) is 0 Å². The Labute approximate surface area is 171 Å². The standard InChI is InChI=1S/C23H32O4S/c1-21-8-4-13(24)12-16(21)19(26)20(28-3)18-14(21)5-9-22(2)15(18)6-10-23(22)11-7-17(25)27-23/h12,14-15,18-20,26H,4-11H2,1-3H3/t14-,15-,18+,19-,20-,21+,22-,23-/m0/s1. The molecule has 1 spiro atoms. The van der Waals surface area contributed by atoms with Gasteiger partial charge in [-0.3, -0.25) is 9.59 Å². The van der Waals surface area contributed by atoms with Crippen molar-refractivity contribution in [2.24, 2.45) is 28.6 Å². The fourth-order valence-corrected chi connectivity index (χ4v) is 9.22. The lowest BCUT2D eigenvalue weighted by molar-refractivity contribution is -0.169. The maximum absolute atomic E-state index is 12.2. The Morgan fingerprint density at radius 3 is 2.50 bits per heavy atom. The molecule has 0 aromatic carbocycles. The lowest BCUT2D eigenvalue weighted by atomic mass is 9.45. The summed E-state index contributed by atoms with van der Waals surface area (Å²) in [5.41, 5.74) is 0.643. The first-order valence-corrected chi connectivity index (χ1v) is 12.2. The maximum atomic E-state index is 12.2. The summed E-state index contributed by atoms with van der Waals surface area (Å²) in [5.74, 6) is 1.52. The molecule has 0 unspecified atom stereocenters. The molecule has 3 saturated carbocycles. The van der Waals surface area contributed by atoms with Gasteiger partial charge in [-0.1, -0.05) is 13.8 Å². The summed E-state index contributed by atoms with van der Waals surface area (Å²) in [6.45, 7) is 4.66. The van der Waals surface area contributed by atoms with Crippen molar-refractivity contribution in [3.8, 4) is 0 Å². The average molecular weight is 405 g/mol. The molecule has 28 heavy (non-hydrogen) atoms. The molecule has 4 nitrogen and oxygen atoms in total. The van der Waals surface area contributed by atoms with E-state index in [1.165, 1.54) is 0 Å². The van der Waals surface area contributed by atoms with Crippen LogP contribution >= 0.6 is 11.8 Å². The van der Waals surface area contributed by atoms with Crippen LogP contribution in [-0.4, -0.2) is 40.1 Å². The lowest BCUT2D eigenvalue weighted by Gasteiger charge is -2.62. The van der Waals surface area contributed by atoms with Gasteiger partial charge in [0, 0.05) is 23.5 Å². The first-order chi connectivity index (χ1) is 13.3. The lowest BCUT2D eigenvalue weighted by Crippen LogP contribution is -2.61. The van der Waals surface area contributed by atoms with Gasteiger partial charge < -0.3 is 9.84 Å². The van der Waals surface area contributed by atoms with E-state index in [9.17, 15) is 14.7 Å². The molecule has 154 valence electrons. The van der Waals surface area contributed by atoms with Gasteiger partial charge in [0.2, 0.25) is 0 Å². The minimum absolute atomic E-state index is 0.0100. The van der Waals surface area contributed by atoms with Crippen molar-refractivity contribution in [3.63, 3.8) is 0 Å². The first kappa shape index (κ1) is 19.2. The molecule has 4 fully saturated rings. The third-order valence-corrected chi connectivity index (χ3v) is 10.7. The average Bonchev–Trinajstić information content (AvgIpc) is 3.18. The number of hydrogen-bond donors (Lipinski definition) is 1. The highest BCUT2D eigenvalue weighted by Crippen LogP contribution is 2.70. The molecule has 4 aliphatic carbocycles. The molecule has 5 aliphatic rings. The van der Waals surface area contributed by atoms with Gasteiger partial charge in [-0.25, -0.2) is 0 Å². The maximum Gasteiger partial charge on any atom is 0.306 e. The van der Waals surface area contributed by atoms with Crippen molar-refractivity contribution in [1.29, 1.82) is 0 Å². The number of aliphatic hydroxyl groups excluding tert-OH is 1. The highest BCUT2D eigenvalue weighted by atomic mass is 32.2. The smallest absolute Gasteiger partial charge is 0.306 e. The Balaban J connectivity index is 1.58. The minimum atomic E-state index is -0.546. The van der Waals surface area contributed by atoms with Crippen LogP contribution in [0.2, 0.25) is 0 Å². The van der Waals surface area contributed by atoms with Crippen LogP contribution in [0.5, 0.6) is 0 Å². The summed E-state index contributed by atoms with van der Waals surface area (Å²) in [5, 5.41) is 11.5. The molecule has 0 bridgehead atoms. The molecule has 0 aromatic rings. The van der Waals surface area contributed by atoms with Gasteiger partial charge in [-0.15, -0.1) is 0 Å². The summed E-state index contributed by atoms with van der Waals surface area (Å²) < 4.78 is 6.04. The van der Waals surface area contributed by atoms with Crippen molar-refractivity contribution in [1.82, 2.24) is 0 Å². The van der Waals surface area contributed by atoms with Crippen LogP contribution < -0.4 is 0 Å². The van der Waals surface area contributed by atoms with Crippen LogP contribution in [0.15, 0.2) is 11.6 Å². The van der Waals surface area contributed by atoms with Crippen LogP contribution in [0.1, 0.15) is 65.2 Å². The molecule has 0 radical (unpaired) electrons. The van der Waals surface area contributed by atoms with E-state index in [0.29, 0.717) is 30.6 Å². The first-order valence-electron chi connectivity index (χ1n) is 10.9. The van der Waals surface area contributed by atoms with E-state index >= 15 is 0 Å². The highest BCUT2D eigenvalue weighted by molar-refractivity contribution is 7.99. The number of hydrogen-bond acceptors (Lipinski definition) is 5. The van der Waals surface area contributed by atoms with Crippen molar-refractivity contribution in [2.75, 3.05) is 6.26 Å². The second-order valence-corrected chi connectivity index (χ2v) is 11.4. The van der Waals surface area contributed by atoms with Crippen LogP contribution in [-0.2, 0) is 14.3 Å². The molecule has 1 saturated heterocycles. The van der Waals surface area contributed by atoms with Gasteiger partial charge in [0.05, 0.1) is 6.10 Å². The van der Waals surface area contributed by atoms with Gasteiger partial charge in [-0.05, 0) is 79.6 Å². The number of rotatable bonds is 1. The molecular weight excluding hydrogens is 372 g/mol. The monoisotopic (exact) mass is 404 g/mol. The number of aliphatic hydroxyl groups is 1. The Bertz CT molecular complexity index is 762. The van der Waals surface area contributed by atoms with E-state index in [2.05, 4.69) is 20.1 Å². The predicted molar refractivity (Wildman–Crippen MR) is 109 cm³/mol. The summed E-state index contributed by atoms with van der Waals surface area (Å²) >= 11 is 1.76. The molecule has 0 aromatic heterocycles. The fraction of sp³-hybridized carbons (Fsp3) is 0.826. The van der Waals surface area contributed by atoms with E-state index in [4.69, 9.17) is 4.74 Å². The number of carbonyl (C=O) groups excluding carboxylic acids is 2. The number of esters is 1. The van der Waals surface area contributed by atoms with Gasteiger partial charge in [0.15, 0.2) is 5.78 Å². The molecule has 5 rings (SSSR count). The van der Waals surface area contributed by atoms with Crippen molar-refractivity contribution >= 4 is 23.5 Å². The minimum Gasteiger partial charge on any atom is -0.458 e. The largest absolute Gasteiger partial charge is 0.458 e. The molecule has 0 amide bonds. The van der Waals surface area contributed by atoms with Crippen LogP contribution in [0.25, 0.3) is 0 Å². The van der Waals surface area contributed by atoms with Gasteiger partial charge >= 0.3 is 5.97 Å². The molecular formula is C23H32O4S. The van der Waals surface area contributed by atoms with Crippen molar-refractivity contribution in [2.45, 2.75) is 82.2 Å². The van der Waals surface area contributed by atoms with Gasteiger partial charge in [0.25, 0.3) is 0 Å². The zero-order valence-electron chi connectivity index (χ0n) is 17.2. The second-order valence-electron chi connectivity index (χ2n) is 10.4. The van der Waals surface area contributed by atoms with Crippen LogP contribution in [0, 0.1) is 28.6 Å². The van der Waals surface area contributed by atoms with Gasteiger partial charge in [-0.2, -0.15) is 11.8 Å². The highest BCUT2D eigenvalue weighted by Gasteiger charge is 2.69. The van der Waals surface area contributed by atoms with E-state index in [1.807, 2.05) is 0 Å². The Morgan fingerprint density at radius 1 is 1.07 bits per heavy atom. The van der Waals surface area contributed by atoms with E-state index in [1.54, 1.807) is 17.8 Å². The second kappa shape index (κ2) is 6.10. The zero-order valence-corrected chi connectivity index (χ0v) is 18.0. The quantitative estimate of drug-likeness (QED) is 0.672. The zero-order chi connectivity index (χ0) is 19.9. The molecule has 1 heterocycles. The SMILES string of the molecule is CS[C@H]1[C@@H]2[C@H](CC[C@@]3(C)[C@H]2CC[C@]32CCC(=O)O2)[C@@]2(C)CCC(=O)C=C2[C@@H]1O. The third-order valence-electron chi connectivity index (χ3n) is 9.63. The van der Waals surface area contributed by atoms with E-state index in [-0.39, 0.29) is 33.4 Å². The topological polar surface area (TPSA) is 63.6 Å². The summed E-state index contributed by atoms with van der Waals surface area (Å²) in [7, 11) is 0. The number of thioether (sulfide) groups is 1. The summed E-state index contributed by atoms with van der Waals surface area (Å²) in [6, 6.07) is 0. The van der Waals surface area contributed by atoms with Crippen molar-refractivity contribution < 1.29 is 19.4 Å². The number of ketones is 1. The number of fused-ring (bicyclic) bond motifs is 6. The Hall–Kier alpha value is -0.810. The van der Waals surface area contributed by atoms with Crippen LogP contribution in [0.3, 0.4) is 0 Å². The molecule has 5 heteroatoms. The van der Waals surface area contributed by atoms with Crippen molar-refractivity contribution in [3.05, 3.63) is 11.6 Å². The Kier molecular flexibility index (Phi) is 4.18. The Morgan fingerprint density at radius 2 is 1.82 bits per heavy atom. The molecule has 8 atom stereocenters. The van der Waals surface area contributed by atoms with Gasteiger partial charge in [0.1, 0.15) is 5.60 Å². The molecule has 1 aliphatic heterocycles. The fourth-order valence-electron chi connectivity index (χ4n) is 8.13. The summed E-state index contributed by atoms with van der Waals surface area (Å²) in [4.78, 5) is 24.2. The van der Waals surface area contributed by atoms with E-state index in [0.717, 1.165) is 44.1 Å². The summed E-state index contributed by atoms with van der Waals surface area (Å²) in [6.07, 6.45) is 10.4. The number of ether oxygens (including phenoxy) is 1. The third kappa shape index (κ3) is 2.24. The van der Waals surface area contributed by atoms with E-state index < -0.39 is 6.10 Å². The number of carbonyl (C=O) groups is 2. The predicted octanol–water partition coefficient (Wildman–Crippen LogP) is 3.91. The molecule has 1 N–H and O–H groups in total. The normalized spacial score (nSPS) is 52.7.